The van der Waals surface area contributed by atoms with Crippen LogP contribution in [-0.2, 0) is 4.79 Å². The molecule has 0 heterocycles. The van der Waals surface area contributed by atoms with Gasteiger partial charge in [-0.15, -0.1) is 0 Å². The van der Waals surface area contributed by atoms with Crippen molar-refractivity contribution in [2.75, 3.05) is 6.54 Å². The van der Waals surface area contributed by atoms with Gasteiger partial charge in [0.15, 0.2) is 0 Å². The van der Waals surface area contributed by atoms with E-state index in [4.69, 9.17) is 0 Å². The molecule has 1 aromatic carbocycles. The van der Waals surface area contributed by atoms with Crippen LogP contribution in [0.5, 0.6) is 5.75 Å². The molecule has 0 bridgehead atoms. The van der Waals surface area contributed by atoms with Crippen molar-refractivity contribution in [3.8, 4) is 5.75 Å². The van der Waals surface area contributed by atoms with Crippen LogP contribution < -0.4 is 0 Å². The summed E-state index contributed by atoms with van der Waals surface area (Å²) in [5, 5.41) is 9.50. The number of phenolic OH excluding ortho intramolecular Hbond substituents is 1. The van der Waals surface area contributed by atoms with Crippen LogP contribution in [0, 0.1) is 0 Å². The Morgan fingerprint density at radius 3 is 2.56 bits per heavy atom. The SMILES string of the molecule is CCN(C(=O)C(C)(C)Br)C(C)c1cccc(O)c1. The van der Waals surface area contributed by atoms with Crippen LogP contribution in [0.3, 0.4) is 0 Å². The number of benzene rings is 1. The van der Waals surface area contributed by atoms with Gasteiger partial charge in [0, 0.05) is 6.54 Å². The van der Waals surface area contributed by atoms with Gasteiger partial charge in [-0.3, -0.25) is 4.79 Å². The summed E-state index contributed by atoms with van der Waals surface area (Å²) in [5.41, 5.74) is 0.932. The summed E-state index contributed by atoms with van der Waals surface area (Å²) >= 11 is 3.40. The van der Waals surface area contributed by atoms with Crippen LogP contribution in [0.4, 0.5) is 0 Å². The number of amides is 1. The molecule has 0 aromatic heterocycles. The van der Waals surface area contributed by atoms with Crippen LogP contribution in [-0.4, -0.2) is 26.8 Å². The Morgan fingerprint density at radius 2 is 2.11 bits per heavy atom. The smallest absolute Gasteiger partial charge is 0.239 e. The molecular formula is C14H20BrNO2. The Balaban J connectivity index is 2.99. The van der Waals surface area contributed by atoms with E-state index in [1.54, 1.807) is 23.1 Å². The maximum atomic E-state index is 12.3. The highest BCUT2D eigenvalue weighted by Gasteiger charge is 2.31. The number of carbonyl (C=O) groups excluding carboxylic acids is 1. The lowest BCUT2D eigenvalue weighted by molar-refractivity contribution is -0.134. The lowest BCUT2D eigenvalue weighted by atomic mass is 10.0. The zero-order valence-corrected chi connectivity index (χ0v) is 12.9. The number of halogens is 1. The van der Waals surface area contributed by atoms with Crippen molar-refractivity contribution >= 4 is 21.8 Å². The Bertz CT molecular complexity index is 426. The van der Waals surface area contributed by atoms with E-state index in [1.807, 2.05) is 33.8 Å². The summed E-state index contributed by atoms with van der Waals surface area (Å²) in [6.07, 6.45) is 0. The molecule has 0 radical (unpaired) electrons. The van der Waals surface area contributed by atoms with E-state index in [0.717, 1.165) is 5.56 Å². The number of carbonyl (C=O) groups is 1. The molecule has 0 aliphatic rings. The second-order valence-corrected chi connectivity index (χ2v) is 6.82. The molecule has 1 unspecified atom stereocenters. The predicted molar refractivity (Wildman–Crippen MR) is 76.9 cm³/mol. The molecule has 0 aliphatic heterocycles. The van der Waals surface area contributed by atoms with E-state index in [-0.39, 0.29) is 17.7 Å². The van der Waals surface area contributed by atoms with Gasteiger partial charge in [-0.05, 0) is 45.4 Å². The average Bonchev–Trinajstić information content (AvgIpc) is 2.28. The summed E-state index contributed by atoms with van der Waals surface area (Å²) in [6, 6.07) is 6.97. The van der Waals surface area contributed by atoms with Gasteiger partial charge in [-0.1, -0.05) is 28.1 Å². The first-order valence-corrected chi connectivity index (χ1v) is 6.85. The third kappa shape index (κ3) is 3.48. The molecule has 1 atom stereocenters. The molecule has 0 saturated carbocycles. The number of hydrogen-bond acceptors (Lipinski definition) is 2. The molecular weight excluding hydrogens is 294 g/mol. The van der Waals surface area contributed by atoms with Gasteiger partial charge in [-0.2, -0.15) is 0 Å². The van der Waals surface area contributed by atoms with Crippen LogP contribution in [0.1, 0.15) is 39.3 Å². The molecule has 1 amide bonds. The zero-order valence-electron chi connectivity index (χ0n) is 11.3. The Hall–Kier alpha value is -1.03. The van der Waals surface area contributed by atoms with Crippen LogP contribution in [0.25, 0.3) is 0 Å². The zero-order chi connectivity index (χ0) is 13.9. The molecule has 1 rings (SSSR count). The highest BCUT2D eigenvalue weighted by molar-refractivity contribution is 9.10. The summed E-state index contributed by atoms with van der Waals surface area (Å²) in [5.74, 6) is 0.266. The normalized spacial score (nSPS) is 13.2. The third-order valence-electron chi connectivity index (χ3n) is 2.93. The molecule has 1 N–H and O–H groups in total. The van der Waals surface area contributed by atoms with Crippen molar-refractivity contribution in [3.63, 3.8) is 0 Å². The summed E-state index contributed by atoms with van der Waals surface area (Å²) < 4.78 is -0.575. The number of rotatable bonds is 4. The number of alkyl halides is 1. The molecule has 0 aliphatic carbocycles. The van der Waals surface area contributed by atoms with Gasteiger partial charge >= 0.3 is 0 Å². The monoisotopic (exact) mass is 313 g/mol. The molecule has 3 nitrogen and oxygen atoms in total. The molecule has 1 aromatic rings. The van der Waals surface area contributed by atoms with E-state index in [9.17, 15) is 9.90 Å². The molecule has 18 heavy (non-hydrogen) atoms. The van der Waals surface area contributed by atoms with Crippen molar-refractivity contribution in [3.05, 3.63) is 29.8 Å². The number of hydrogen-bond donors (Lipinski definition) is 1. The van der Waals surface area contributed by atoms with Crippen molar-refractivity contribution in [1.82, 2.24) is 4.90 Å². The third-order valence-corrected chi connectivity index (χ3v) is 3.27. The quantitative estimate of drug-likeness (QED) is 0.865. The summed E-state index contributed by atoms with van der Waals surface area (Å²) in [6.45, 7) is 8.23. The maximum absolute atomic E-state index is 12.3. The van der Waals surface area contributed by atoms with Crippen molar-refractivity contribution in [2.24, 2.45) is 0 Å². The molecule has 0 saturated heterocycles. The fourth-order valence-corrected chi connectivity index (χ4v) is 2.13. The highest BCUT2D eigenvalue weighted by Crippen LogP contribution is 2.28. The Morgan fingerprint density at radius 1 is 1.50 bits per heavy atom. The van der Waals surface area contributed by atoms with Gasteiger partial charge in [0.05, 0.1) is 10.4 Å². The lowest BCUT2D eigenvalue weighted by Gasteiger charge is -2.33. The predicted octanol–water partition coefficient (Wildman–Crippen LogP) is 3.48. The molecule has 0 spiro atoms. The fraction of sp³-hybridized carbons (Fsp3) is 0.500. The van der Waals surface area contributed by atoms with E-state index < -0.39 is 4.32 Å². The second-order valence-electron chi connectivity index (χ2n) is 4.83. The van der Waals surface area contributed by atoms with E-state index in [1.165, 1.54) is 0 Å². The van der Waals surface area contributed by atoms with E-state index >= 15 is 0 Å². The highest BCUT2D eigenvalue weighted by atomic mass is 79.9. The van der Waals surface area contributed by atoms with Crippen LogP contribution >= 0.6 is 15.9 Å². The lowest BCUT2D eigenvalue weighted by Crippen LogP contribution is -2.42. The topological polar surface area (TPSA) is 40.5 Å². The van der Waals surface area contributed by atoms with Crippen molar-refractivity contribution in [2.45, 2.75) is 38.1 Å². The van der Waals surface area contributed by atoms with Crippen LogP contribution in [0.15, 0.2) is 24.3 Å². The minimum atomic E-state index is -0.575. The van der Waals surface area contributed by atoms with E-state index in [2.05, 4.69) is 15.9 Å². The van der Waals surface area contributed by atoms with Crippen LogP contribution in [0.2, 0.25) is 0 Å². The van der Waals surface area contributed by atoms with Crippen molar-refractivity contribution in [1.29, 1.82) is 0 Å². The maximum Gasteiger partial charge on any atom is 0.239 e. The van der Waals surface area contributed by atoms with Gasteiger partial charge in [0.1, 0.15) is 5.75 Å². The minimum absolute atomic E-state index is 0.0424. The molecule has 0 fully saturated rings. The number of aromatic hydroxyl groups is 1. The van der Waals surface area contributed by atoms with E-state index in [0.29, 0.717) is 6.54 Å². The summed E-state index contributed by atoms with van der Waals surface area (Å²) in [7, 11) is 0. The Labute approximate surface area is 117 Å². The standard InChI is InChI=1S/C14H20BrNO2/c1-5-16(13(18)14(3,4)15)10(2)11-7-6-8-12(17)9-11/h6-10,17H,5H2,1-4H3. The van der Waals surface area contributed by atoms with Gasteiger partial charge in [-0.25, -0.2) is 0 Å². The van der Waals surface area contributed by atoms with Crippen molar-refractivity contribution < 1.29 is 9.90 Å². The molecule has 100 valence electrons. The number of nitrogens with zero attached hydrogens (tertiary/aromatic N) is 1. The summed E-state index contributed by atoms with van der Waals surface area (Å²) in [4.78, 5) is 14.1. The second kappa shape index (κ2) is 5.74. The minimum Gasteiger partial charge on any atom is -0.508 e. The average molecular weight is 314 g/mol. The first-order valence-electron chi connectivity index (χ1n) is 6.06. The first-order chi connectivity index (χ1) is 8.27. The number of phenols is 1. The Kier molecular flexibility index (Phi) is 4.79. The fourth-order valence-electron chi connectivity index (χ4n) is 1.90. The van der Waals surface area contributed by atoms with Gasteiger partial charge < -0.3 is 10.0 Å². The van der Waals surface area contributed by atoms with Gasteiger partial charge in [0.2, 0.25) is 5.91 Å². The largest absolute Gasteiger partial charge is 0.508 e. The molecule has 4 heteroatoms. The van der Waals surface area contributed by atoms with Gasteiger partial charge in [0.25, 0.3) is 0 Å². The first kappa shape index (κ1) is 15.0.